The lowest BCUT2D eigenvalue weighted by Crippen LogP contribution is -2.35. The van der Waals surface area contributed by atoms with Crippen LogP contribution in [0, 0.1) is 0 Å². The molecule has 5 rings (SSSR count). The average molecular weight is 443 g/mol. The molecule has 0 unspecified atom stereocenters. The van der Waals surface area contributed by atoms with Crippen LogP contribution in [0.15, 0.2) is 52.9 Å². The zero-order chi connectivity index (χ0) is 22.3. The van der Waals surface area contributed by atoms with Gasteiger partial charge in [-0.15, -0.1) is 0 Å². The Kier molecular flexibility index (Phi) is 5.15. The zero-order valence-corrected chi connectivity index (χ0v) is 16.9. The molecule has 0 saturated carbocycles. The van der Waals surface area contributed by atoms with Crippen molar-refractivity contribution < 1.29 is 27.4 Å². The summed E-state index contributed by atoms with van der Waals surface area (Å²) >= 11 is 0. The number of aromatic amines is 1. The maximum Gasteiger partial charge on any atom is 0.432 e. The summed E-state index contributed by atoms with van der Waals surface area (Å²) < 4.78 is 49.8. The number of nitrogens with zero attached hydrogens (tertiary/aromatic N) is 2. The van der Waals surface area contributed by atoms with Crippen molar-refractivity contribution in [1.29, 1.82) is 0 Å². The number of ether oxygens (including phenoxy) is 1. The minimum Gasteiger partial charge on any atom is -0.506 e. The van der Waals surface area contributed by atoms with E-state index in [9.17, 15) is 18.3 Å². The molecule has 2 aromatic carbocycles. The second kappa shape index (κ2) is 7.99. The number of hydrogen-bond donors (Lipinski definition) is 2. The van der Waals surface area contributed by atoms with Crippen LogP contribution in [0.3, 0.4) is 0 Å². The van der Waals surface area contributed by atoms with Crippen molar-refractivity contribution in [2.24, 2.45) is 0 Å². The SMILES string of the molecule is Oc1c(-c2cc(C(F)(F)F)[nH]n2)ccc2oc(-c3ccc(CN4CCOCC4)cc3)cc12. The third kappa shape index (κ3) is 3.96. The Morgan fingerprint density at radius 2 is 1.78 bits per heavy atom. The Morgan fingerprint density at radius 3 is 2.47 bits per heavy atom. The Balaban J connectivity index is 1.41. The van der Waals surface area contributed by atoms with Crippen molar-refractivity contribution in [2.75, 3.05) is 26.3 Å². The highest BCUT2D eigenvalue weighted by molar-refractivity contribution is 5.94. The van der Waals surface area contributed by atoms with Gasteiger partial charge < -0.3 is 14.3 Å². The highest BCUT2D eigenvalue weighted by Crippen LogP contribution is 2.40. The number of nitrogens with one attached hydrogen (secondary N) is 1. The van der Waals surface area contributed by atoms with E-state index in [1.165, 1.54) is 11.6 Å². The van der Waals surface area contributed by atoms with Crippen LogP contribution in [0.5, 0.6) is 5.75 Å². The van der Waals surface area contributed by atoms with Gasteiger partial charge in [0, 0.05) is 30.8 Å². The van der Waals surface area contributed by atoms with E-state index in [4.69, 9.17) is 9.15 Å². The van der Waals surface area contributed by atoms with Crippen LogP contribution in [-0.4, -0.2) is 46.5 Å². The molecule has 0 amide bonds. The number of fused-ring (bicyclic) bond motifs is 1. The molecule has 0 atom stereocenters. The second-order valence-electron chi connectivity index (χ2n) is 7.73. The van der Waals surface area contributed by atoms with E-state index in [-0.39, 0.29) is 17.0 Å². The van der Waals surface area contributed by atoms with Crippen LogP contribution in [0.4, 0.5) is 13.2 Å². The number of aromatic hydroxyl groups is 1. The zero-order valence-electron chi connectivity index (χ0n) is 16.9. The number of benzene rings is 2. The number of alkyl halides is 3. The van der Waals surface area contributed by atoms with Gasteiger partial charge in [0.2, 0.25) is 0 Å². The standard InChI is InChI=1S/C23H20F3N3O3/c24-23(25,26)21-12-18(27-28-21)16-5-6-19-17(22(16)30)11-20(32-19)15-3-1-14(2-4-15)13-29-7-9-31-10-8-29/h1-6,11-12,30H,7-10,13H2,(H,27,28). The maximum absolute atomic E-state index is 12.9. The Labute approximate surface area is 181 Å². The van der Waals surface area contributed by atoms with E-state index in [0.29, 0.717) is 16.7 Å². The molecule has 9 heteroatoms. The van der Waals surface area contributed by atoms with E-state index in [2.05, 4.69) is 10.00 Å². The third-order valence-corrected chi connectivity index (χ3v) is 5.58. The topological polar surface area (TPSA) is 74.5 Å². The first kappa shape index (κ1) is 20.6. The van der Waals surface area contributed by atoms with Gasteiger partial charge in [0.25, 0.3) is 0 Å². The smallest absolute Gasteiger partial charge is 0.432 e. The monoisotopic (exact) mass is 443 g/mol. The van der Waals surface area contributed by atoms with E-state index in [1.54, 1.807) is 12.1 Å². The summed E-state index contributed by atoms with van der Waals surface area (Å²) in [6.07, 6.45) is -4.54. The molecular formula is C23H20F3N3O3. The molecule has 1 fully saturated rings. The van der Waals surface area contributed by atoms with Gasteiger partial charge >= 0.3 is 6.18 Å². The normalized spacial score (nSPS) is 15.5. The predicted molar refractivity (Wildman–Crippen MR) is 112 cm³/mol. The van der Waals surface area contributed by atoms with Gasteiger partial charge in [-0.1, -0.05) is 24.3 Å². The highest BCUT2D eigenvalue weighted by Gasteiger charge is 2.33. The van der Waals surface area contributed by atoms with Crippen LogP contribution >= 0.6 is 0 Å². The van der Waals surface area contributed by atoms with E-state index in [1.807, 2.05) is 29.4 Å². The van der Waals surface area contributed by atoms with Gasteiger partial charge in [-0.25, -0.2) is 0 Å². The molecule has 3 heterocycles. The summed E-state index contributed by atoms with van der Waals surface area (Å²) in [4.78, 5) is 2.33. The molecule has 1 aliphatic rings. The van der Waals surface area contributed by atoms with Crippen LogP contribution in [0.1, 0.15) is 11.3 Å². The first-order valence-corrected chi connectivity index (χ1v) is 10.2. The number of H-pyrrole nitrogens is 1. The van der Waals surface area contributed by atoms with Crippen molar-refractivity contribution in [3.8, 4) is 28.3 Å². The first-order chi connectivity index (χ1) is 15.4. The number of rotatable bonds is 4. The Morgan fingerprint density at radius 1 is 1.03 bits per heavy atom. The number of hydrogen-bond acceptors (Lipinski definition) is 5. The molecule has 1 aliphatic heterocycles. The number of morpholine rings is 1. The van der Waals surface area contributed by atoms with Gasteiger partial charge in [0.05, 0.1) is 24.3 Å². The van der Waals surface area contributed by atoms with Gasteiger partial charge in [-0.05, 0) is 29.8 Å². The fraction of sp³-hybridized carbons (Fsp3) is 0.261. The van der Waals surface area contributed by atoms with Crippen LogP contribution in [-0.2, 0) is 17.5 Å². The molecule has 0 spiro atoms. The minimum absolute atomic E-state index is 0.00643. The fourth-order valence-corrected chi connectivity index (χ4v) is 3.84. The van der Waals surface area contributed by atoms with Gasteiger partial charge in [-0.2, -0.15) is 18.3 Å². The highest BCUT2D eigenvalue weighted by atomic mass is 19.4. The van der Waals surface area contributed by atoms with E-state index in [0.717, 1.165) is 44.5 Å². The molecular weight excluding hydrogens is 423 g/mol. The van der Waals surface area contributed by atoms with Crippen molar-refractivity contribution >= 4 is 11.0 Å². The summed E-state index contributed by atoms with van der Waals surface area (Å²) in [7, 11) is 0. The molecule has 6 nitrogen and oxygen atoms in total. The van der Waals surface area contributed by atoms with Crippen molar-refractivity contribution in [2.45, 2.75) is 12.7 Å². The quantitative estimate of drug-likeness (QED) is 0.462. The fourth-order valence-electron chi connectivity index (χ4n) is 3.84. The molecule has 4 aromatic rings. The molecule has 0 bridgehead atoms. The lowest BCUT2D eigenvalue weighted by Gasteiger charge is -2.26. The number of furan rings is 1. The molecule has 0 aliphatic carbocycles. The summed E-state index contributed by atoms with van der Waals surface area (Å²) in [6, 6.07) is 13.6. The van der Waals surface area contributed by atoms with Crippen molar-refractivity contribution in [1.82, 2.24) is 15.1 Å². The predicted octanol–water partition coefficient (Wildman–Crippen LogP) is 5.05. The summed E-state index contributed by atoms with van der Waals surface area (Å²) in [5, 5.41) is 16.8. The maximum atomic E-state index is 12.9. The van der Waals surface area contributed by atoms with Crippen molar-refractivity contribution in [3.63, 3.8) is 0 Å². The van der Waals surface area contributed by atoms with Crippen LogP contribution in [0.25, 0.3) is 33.6 Å². The van der Waals surface area contributed by atoms with Crippen molar-refractivity contribution in [3.05, 3.63) is 59.8 Å². The molecule has 1 saturated heterocycles. The van der Waals surface area contributed by atoms with E-state index < -0.39 is 11.9 Å². The van der Waals surface area contributed by atoms with Crippen LogP contribution < -0.4 is 0 Å². The molecule has 0 radical (unpaired) electrons. The molecule has 2 N–H and O–H groups in total. The average Bonchev–Trinajstić information content (AvgIpc) is 3.43. The molecule has 2 aromatic heterocycles. The number of phenols is 1. The first-order valence-electron chi connectivity index (χ1n) is 10.2. The van der Waals surface area contributed by atoms with Gasteiger partial charge in [0.15, 0.2) is 0 Å². The lowest BCUT2D eigenvalue weighted by molar-refractivity contribution is -0.141. The molecule has 166 valence electrons. The van der Waals surface area contributed by atoms with Gasteiger partial charge in [0.1, 0.15) is 22.8 Å². The number of halogens is 3. The summed E-state index contributed by atoms with van der Waals surface area (Å²) in [6.45, 7) is 4.16. The van der Waals surface area contributed by atoms with Crippen LogP contribution in [0.2, 0.25) is 0 Å². The van der Waals surface area contributed by atoms with E-state index >= 15 is 0 Å². The van der Waals surface area contributed by atoms with Gasteiger partial charge in [-0.3, -0.25) is 10.00 Å². The number of aromatic nitrogens is 2. The third-order valence-electron chi connectivity index (χ3n) is 5.58. The Hall–Kier alpha value is -3.30. The molecule has 32 heavy (non-hydrogen) atoms. The second-order valence-corrected chi connectivity index (χ2v) is 7.73. The minimum atomic E-state index is -4.54. The summed E-state index contributed by atoms with van der Waals surface area (Å²) in [5.74, 6) is 0.380. The lowest BCUT2D eigenvalue weighted by atomic mass is 10.1. The largest absolute Gasteiger partial charge is 0.506 e. The number of phenolic OH excluding ortho intramolecular Hbond substituents is 1. The summed E-state index contributed by atoms with van der Waals surface area (Å²) in [5.41, 5.74) is 1.68. The Bertz CT molecular complexity index is 1240.